The van der Waals surface area contributed by atoms with Crippen LogP contribution in [0.2, 0.25) is 0 Å². The molecule has 18 heavy (non-hydrogen) atoms. The van der Waals surface area contributed by atoms with Crippen LogP contribution >= 0.6 is 22.7 Å². The molecule has 0 saturated heterocycles. The van der Waals surface area contributed by atoms with E-state index in [9.17, 15) is 0 Å². The lowest BCUT2D eigenvalue weighted by Gasteiger charge is -2.12. The first-order chi connectivity index (χ1) is 8.86. The molecule has 1 N–H and O–H groups in total. The number of aryl methyl sites for hydroxylation is 2. The van der Waals surface area contributed by atoms with Crippen molar-refractivity contribution in [2.75, 3.05) is 7.05 Å². The molecule has 1 aliphatic carbocycles. The van der Waals surface area contributed by atoms with Gasteiger partial charge in [-0.1, -0.05) is 0 Å². The van der Waals surface area contributed by atoms with Gasteiger partial charge in [-0.05, 0) is 44.4 Å². The summed E-state index contributed by atoms with van der Waals surface area (Å²) in [6.07, 6.45) is 8.19. The summed E-state index contributed by atoms with van der Waals surface area (Å²) in [5.41, 5.74) is 1.60. The monoisotopic (exact) mass is 278 g/mol. The molecule has 0 aliphatic heterocycles. The smallest absolute Gasteiger partial charge is 0.0944 e. The second kappa shape index (κ2) is 5.51. The SMILES string of the molecule is CNC(Cc1nccs1)c1cc2c(s1)CCCC2. The zero-order valence-corrected chi connectivity index (χ0v) is 12.2. The summed E-state index contributed by atoms with van der Waals surface area (Å²) in [7, 11) is 2.05. The first-order valence-corrected chi connectivity index (χ1v) is 8.23. The average molecular weight is 278 g/mol. The molecule has 0 radical (unpaired) electrons. The van der Waals surface area contributed by atoms with Gasteiger partial charge in [0.05, 0.1) is 5.01 Å². The minimum Gasteiger partial charge on any atom is -0.312 e. The van der Waals surface area contributed by atoms with Crippen molar-refractivity contribution in [3.05, 3.63) is 38.0 Å². The topological polar surface area (TPSA) is 24.9 Å². The van der Waals surface area contributed by atoms with E-state index in [1.807, 2.05) is 17.5 Å². The molecule has 1 aliphatic rings. The Morgan fingerprint density at radius 2 is 2.28 bits per heavy atom. The lowest BCUT2D eigenvalue weighted by atomic mass is 9.98. The Morgan fingerprint density at radius 3 is 3.00 bits per heavy atom. The predicted octanol–water partition coefficient (Wildman–Crippen LogP) is 3.59. The Bertz CT molecular complexity index is 478. The minimum absolute atomic E-state index is 0.423. The van der Waals surface area contributed by atoms with Gasteiger partial charge >= 0.3 is 0 Å². The molecule has 0 amide bonds. The van der Waals surface area contributed by atoms with Crippen molar-refractivity contribution < 1.29 is 0 Å². The fourth-order valence-electron chi connectivity index (χ4n) is 2.56. The summed E-state index contributed by atoms with van der Waals surface area (Å²) in [5.74, 6) is 0. The molecule has 3 rings (SSSR count). The van der Waals surface area contributed by atoms with Gasteiger partial charge in [-0.15, -0.1) is 22.7 Å². The lowest BCUT2D eigenvalue weighted by Crippen LogP contribution is -2.17. The molecule has 2 heterocycles. The highest BCUT2D eigenvalue weighted by atomic mass is 32.1. The number of nitrogens with one attached hydrogen (secondary N) is 1. The van der Waals surface area contributed by atoms with Crippen LogP contribution in [-0.4, -0.2) is 12.0 Å². The molecule has 0 bridgehead atoms. The number of hydrogen-bond donors (Lipinski definition) is 1. The molecule has 4 heteroatoms. The van der Waals surface area contributed by atoms with Crippen LogP contribution in [0.25, 0.3) is 0 Å². The zero-order chi connectivity index (χ0) is 12.4. The van der Waals surface area contributed by atoms with Crippen LogP contribution in [0.5, 0.6) is 0 Å². The van der Waals surface area contributed by atoms with Crippen LogP contribution in [0.4, 0.5) is 0 Å². The second-order valence-corrected chi connectivity index (χ2v) is 6.92. The van der Waals surface area contributed by atoms with E-state index in [4.69, 9.17) is 0 Å². The number of thiazole rings is 1. The molecule has 96 valence electrons. The van der Waals surface area contributed by atoms with Crippen molar-refractivity contribution in [3.63, 3.8) is 0 Å². The quantitative estimate of drug-likeness (QED) is 0.924. The summed E-state index contributed by atoms with van der Waals surface area (Å²) >= 11 is 3.75. The van der Waals surface area contributed by atoms with Crippen molar-refractivity contribution in [3.8, 4) is 0 Å². The van der Waals surface area contributed by atoms with Crippen LogP contribution in [0.1, 0.15) is 39.2 Å². The molecule has 2 aromatic rings. The van der Waals surface area contributed by atoms with Gasteiger partial charge in [0.2, 0.25) is 0 Å². The van der Waals surface area contributed by atoms with E-state index in [0.717, 1.165) is 6.42 Å². The molecule has 0 aromatic carbocycles. The molecule has 0 saturated carbocycles. The van der Waals surface area contributed by atoms with Crippen LogP contribution in [0.15, 0.2) is 17.6 Å². The summed E-state index contributed by atoms with van der Waals surface area (Å²) in [5, 5.41) is 6.72. The van der Waals surface area contributed by atoms with Crippen molar-refractivity contribution in [1.82, 2.24) is 10.3 Å². The van der Waals surface area contributed by atoms with Gasteiger partial charge in [0.25, 0.3) is 0 Å². The summed E-state index contributed by atoms with van der Waals surface area (Å²) in [6, 6.07) is 2.85. The number of thiophene rings is 1. The Labute approximate surface area is 116 Å². The molecule has 2 aromatic heterocycles. The maximum Gasteiger partial charge on any atom is 0.0944 e. The first kappa shape index (κ1) is 12.3. The Balaban J connectivity index is 1.80. The van der Waals surface area contributed by atoms with Crippen LogP contribution in [-0.2, 0) is 19.3 Å². The zero-order valence-electron chi connectivity index (χ0n) is 10.6. The van der Waals surface area contributed by atoms with Gasteiger partial charge < -0.3 is 5.32 Å². The van der Waals surface area contributed by atoms with Crippen LogP contribution in [0, 0.1) is 0 Å². The summed E-state index contributed by atoms with van der Waals surface area (Å²) in [4.78, 5) is 7.50. The van der Waals surface area contributed by atoms with E-state index in [0.29, 0.717) is 6.04 Å². The number of rotatable bonds is 4. The van der Waals surface area contributed by atoms with Gasteiger partial charge in [0.15, 0.2) is 0 Å². The third-order valence-corrected chi connectivity index (χ3v) is 5.72. The van der Waals surface area contributed by atoms with E-state index in [1.165, 1.54) is 35.6 Å². The standard InChI is InChI=1S/C14H18N2S2/c1-15-11(9-14-16-6-7-17-14)13-8-10-4-2-3-5-12(10)18-13/h6-8,11,15H,2-5,9H2,1H3. The van der Waals surface area contributed by atoms with E-state index in [-0.39, 0.29) is 0 Å². The second-order valence-electron chi connectivity index (χ2n) is 4.78. The van der Waals surface area contributed by atoms with E-state index in [1.54, 1.807) is 21.8 Å². The molecule has 0 spiro atoms. The first-order valence-electron chi connectivity index (χ1n) is 6.54. The van der Waals surface area contributed by atoms with E-state index < -0.39 is 0 Å². The summed E-state index contributed by atoms with van der Waals surface area (Å²) in [6.45, 7) is 0. The highest BCUT2D eigenvalue weighted by Gasteiger charge is 2.19. The largest absolute Gasteiger partial charge is 0.312 e. The molecular weight excluding hydrogens is 260 g/mol. The lowest BCUT2D eigenvalue weighted by molar-refractivity contribution is 0.599. The Hall–Kier alpha value is -0.710. The van der Waals surface area contributed by atoms with Gasteiger partial charge in [0, 0.05) is 33.8 Å². The van der Waals surface area contributed by atoms with Crippen molar-refractivity contribution in [2.24, 2.45) is 0 Å². The minimum atomic E-state index is 0.423. The van der Waals surface area contributed by atoms with Crippen LogP contribution < -0.4 is 5.32 Å². The normalized spacial score (nSPS) is 16.5. The van der Waals surface area contributed by atoms with Crippen LogP contribution in [0.3, 0.4) is 0 Å². The van der Waals surface area contributed by atoms with Gasteiger partial charge in [-0.2, -0.15) is 0 Å². The average Bonchev–Trinajstić information content (AvgIpc) is 3.04. The van der Waals surface area contributed by atoms with Crippen molar-refractivity contribution in [2.45, 2.75) is 38.1 Å². The molecule has 0 fully saturated rings. The van der Waals surface area contributed by atoms with Crippen molar-refractivity contribution >= 4 is 22.7 Å². The fraction of sp³-hybridized carbons (Fsp3) is 0.500. The number of fused-ring (bicyclic) bond motifs is 1. The fourth-order valence-corrected chi connectivity index (χ4v) is 4.59. The van der Waals surface area contributed by atoms with Crippen molar-refractivity contribution in [1.29, 1.82) is 0 Å². The molecule has 1 atom stereocenters. The number of nitrogens with zero attached hydrogens (tertiary/aromatic N) is 1. The summed E-state index contributed by atoms with van der Waals surface area (Å²) < 4.78 is 0. The van der Waals surface area contributed by atoms with Gasteiger partial charge in [0.1, 0.15) is 0 Å². The number of aromatic nitrogens is 1. The Kier molecular flexibility index (Phi) is 3.77. The number of hydrogen-bond acceptors (Lipinski definition) is 4. The number of likely N-dealkylation sites (N-methyl/N-ethyl adjacent to an activating group) is 1. The third kappa shape index (κ3) is 2.51. The van der Waals surface area contributed by atoms with E-state index >= 15 is 0 Å². The molecule has 2 nitrogen and oxygen atoms in total. The van der Waals surface area contributed by atoms with Gasteiger partial charge in [-0.3, -0.25) is 0 Å². The molecule has 1 unspecified atom stereocenters. The maximum atomic E-state index is 4.39. The maximum absolute atomic E-state index is 4.39. The van der Waals surface area contributed by atoms with E-state index in [2.05, 4.69) is 28.8 Å². The van der Waals surface area contributed by atoms with Gasteiger partial charge in [-0.25, -0.2) is 4.98 Å². The third-order valence-electron chi connectivity index (χ3n) is 3.57. The predicted molar refractivity (Wildman–Crippen MR) is 78.6 cm³/mol. The molecular formula is C14H18N2S2. The Morgan fingerprint density at radius 1 is 1.39 bits per heavy atom. The highest BCUT2D eigenvalue weighted by molar-refractivity contribution is 7.12. The highest BCUT2D eigenvalue weighted by Crippen LogP contribution is 2.34.